The Morgan fingerprint density at radius 2 is 2.00 bits per heavy atom. The predicted octanol–water partition coefficient (Wildman–Crippen LogP) is 1.73. The summed E-state index contributed by atoms with van der Waals surface area (Å²) in [5.41, 5.74) is 0. The molecule has 0 aromatic carbocycles. The first kappa shape index (κ1) is 13.9. The molecule has 1 saturated carbocycles. The molecule has 2 N–H and O–H groups in total. The van der Waals surface area contributed by atoms with Crippen LogP contribution >= 0.6 is 0 Å². The second-order valence-corrected chi connectivity index (χ2v) is 5.82. The number of carbonyl (C=O) groups excluding carboxylic acids is 1. The molecule has 0 bridgehead atoms. The van der Waals surface area contributed by atoms with Crippen molar-refractivity contribution in [2.45, 2.75) is 63.7 Å². The van der Waals surface area contributed by atoms with Crippen molar-refractivity contribution >= 4 is 13.0 Å². The third-order valence-corrected chi connectivity index (χ3v) is 4.28. The highest BCUT2D eigenvalue weighted by Gasteiger charge is 2.42. The summed E-state index contributed by atoms with van der Waals surface area (Å²) in [6.07, 6.45) is 7.77. The lowest BCUT2D eigenvalue weighted by Gasteiger charge is -2.23. The molecule has 1 atom stereocenters. The first-order valence-electron chi connectivity index (χ1n) is 7.28. The van der Waals surface area contributed by atoms with E-state index in [4.69, 9.17) is 9.76 Å². The Bertz CT molecular complexity index is 277. The summed E-state index contributed by atoms with van der Waals surface area (Å²) in [5.74, 6) is 1.10. The maximum absolute atomic E-state index is 11.6. The van der Waals surface area contributed by atoms with Crippen LogP contribution in [0.4, 0.5) is 0 Å². The third kappa shape index (κ3) is 3.48. The average Bonchev–Trinajstić information content (AvgIpc) is 2.66. The molecule has 1 heterocycles. The van der Waals surface area contributed by atoms with Gasteiger partial charge in [0.25, 0.3) is 0 Å². The molecule has 1 aliphatic heterocycles. The van der Waals surface area contributed by atoms with E-state index in [0.29, 0.717) is 12.2 Å². The Morgan fingerprint density at radius 1 is 1.33 bits per heavy atom. The predicted molar refractivity (Wildman–Crippen MR) is 71.1 cm³/mol. The number of carbonyl (C=O) groups is 1. The molecular weight excluding hydrogens is 229 g/mol. The SMILES string of the molecule is CC1CCCC(B2N[C@@H](CCO)C(=O)O2)CCC1. The zero-order valence-electron chi connectivity index (χ0n) is 11.2. The zero-order chi connectivity index (χ0) is 13.0. The Kier molecular flexibility index (Phi) is 5.07. The highest BCUT2D eigenvalue weighted by atomic mass is 16.5. The summed E-state index contributed by atoms with van der Waals surface area (Å²) >= 11 is 0. The van der Waals surface area contributed by atoms with Crippen molar-refractivity contribution in [2.75, 3.05) is 6.61 Å². The van der Waals surface area contributed by atoms with E-state index in [-0.39, 0.29) is 25.7 Å². The first-order chi connectivity index (χ1) is 8.70. The maximum Gasteiger partial charge on any atom is 0.452 e. The Hall–Kier alpha value is -0.545. The van der Waals surface area contributed by atoms with Gasteiger partial charge in [0.2, 0.25) is 0 Å². The summed E-state index contributed by atoms with van der Waals surface area (Å²) < 4.78 is 5.43. The maximum atomic E-state index is 11.6. The average molecular weight is 253 g/mol. The van der Waals surface area contributed by atoms with E-state index in [2.05, 4.69) is 12.2 Å². The third-order valence-electron chi connectivity index (χ3n) is 4.28. The molecule has 2 fully saturated rings. The van der Waals surface area contributed by atoms with Gasteiger partial charge in [-0.2, -0.15) is 0 Å². The summed E-state index contributed by atoms with van der Waals surface area (Å²) in [4.78, 5) is 11.6. The smallest absolute Gasteiger partial charge is 0.452 e. The van der Waals surface area contributed by atoms with E-state index in [9.17, 15) is 4.79 Å². The van der Waals surface area contributed by atoms with Crippen LogP contribution in [-0.4, -0.2) is 30.8 Å². The summed E-state index contributed by atoms with van der Waals surface area (Å²) in [6, 6.07) is -0.302. The van der Waals surface area contributed by atoms with E-state index < -0.39 is 0 Å². The minimum atomic E-state index is -0.302. The highest BCUT2D eigenvalue weighted by Crippen LogP contribution is 2.32. The quantitative estimate of drug-likeness (QED) is 0.752. The van der Waals surface area contributed by atoms with Crippen molar-refractivity contribution in [3.05, 3.63) is 0 Å². The molecule has 0 aromatic rings. The van der Waals surface area contributed by atoms with Gasteiger partial charge in [-0.3, -0.25) is 4.79 Å². The molecule has 0 spiro atoms. The van der Waals surface area contributed by atoms with Gasteiger partial charge in [-0.25, -0.2) is 0 Å². The van der Waals surface area contributed by atoms with E-state index in [0.717, 1.165) is 18.8 Å². The molecule has 0 unspecified atom stereocenters. The van der Waals surface area contributed by atoms with Gasteiger partial charge in [0.05, 0.1) is 6.04 Å². The molecule has 0 aromatic heterocycles. The Balaban J connectivity index is 1.85. The summed E-state index contributed by atoms with van der Waals surface area (Å²) in [6.45, 7) is 2.35. The van der Waals surface area contributed by atoms with E-state index in [1.54, 1.807) is 0 Å². The lowest BCUT2D eigenvalue weighted by molar-refractivity contribution is -0.134. The van der Waals surface area contributed by atoms with Gasteiger partial charge in [0.1, 0.15) is 0 Å². The van der Waals surface area contributed by atoms with Crippen LogP contribution in [0.1, 0.15) is 51.9 Å². The van der Waals surface area contributed by atoms with Crippen molar-refractivity contribution in [3.63, 3.8) is 0 Å². The topological polar surface area (TPSA) is 58.6 Å². The molecule has 2 aliphatic rings. The number of aliphatic hydroxyl groups excluding tert-OH is 1. The molecule has 102 valence electrons. The van der Waals surface area contributed by atoms with Crippen LogP contribution < -0.4 is 5.23 Å². The molecule has 2 rings (SSSR count). The number of nitrogens with one attached hydrogen (secondary N) is 1. The molecule has 1 aliphatic carbocycles. The first-order valence-corrected chi connectivity index (χ1v) is 7.28. The molecule has 4 nitrogen and oxygen atoms in total. The fourth-order valence-corrected chi connectivity index (χ4v) is 3.12. The largest absolute Gasteiger partial charge is 0.519 e. The van der Waals surface area contributed by atoms with Crippen molar-refractivity contribution in [2.24, 2.45) is 5.92 Å². The van der Waals surface area contributed by atoms with Crippen LogP contribution in [0.25, 0.3) is 0 Å². The minimum absolute atomic E-state index is 0.0294. The molecule has 5 heteroatoms. The van der Waals surface area contributed by atoms with E-state index in [1.807, 2.05) is 0 Å². The molecule has 0 amide bonds. The number of aliphatic hydroxyl groups is 1. The zero-order valence-corrected chi connectivity index (χ0v) is 11.2. The van der Waals surface area contributed by atoms with Gasteiger partial charge in [-0.15, -0.1) is 0 Å². The van der Waals surface area contributed by atoms with Gasteiger partial charge in [0.15, 0.2) is 0 Å². The van der Waals surface area contributed by atoms with Crippen molar-refractivity contribution in [1.82, 2.24) is 5.23 Å². The van der Waals surface area contributed by atoms with Crippen LogP contribution in [0.5, 0.6) is 0 Å². The second-order valence-electron chi connectivity index (χ2n) is 5.82. The van der Waals surface area contributed by atoms with Crippen LogP contribution in [-0.2, 0) is 9.45 Å². The van der Waals surface area contributed by atoms with E-state index in [1.165, 1.54) is 25.7 Å². The molecular formula is C13H24BNO3. The Morgan fingerprint density at radius 3 is 2.61 bits per heavy atom. The number of rotatable bonds is 3. The molecule has 18 heavy (non-hydrogen) atoms. The second kappa shape index (κ2) is 6.57. The van der Waals surface area contributed by atoms with Crippen LogP contribution in [0.3, 0.4) is 0 Å². The lowest BCUT2D eigenvalue weighted by Crippen LogP contribution is -2.39. The van der Waals surface area contributed by atoms with Crippen molar-refractivity contribution in [1.29, 1.82) is 0 Å². The summed E-state index contributed by atoms with van der Waals surface area (Å²) in [5, 5.41) is 12.1. The van der Waals surface area contributed by atoms with Crippen molar-refractivity contribution in [3.8, 4) is 0 Å². The fourth-order valence-electron chi connectivity index (χ4n) is 3.12. The van der Waals surface area contributed by atoms with Gasteiger partial charge in [0, 0.05) is 6.61 Å². The van der Waals surface area contributed by atoms with Gasteiger partial charge in [-0.1, -0.05) is 45.4 Å². The molecule has 0 radical (unpaired) electrons. The lowest BCUT2D eigenvalue weighted by atomic mass is 9.62. The normalized spacial score (nSPS) is 34.0. The van der Waals surface area contributed by atoms with E-state index >= 15 is 0 Å². The fraction of sp³-hybridized carbons (Fsp3) is 0.923. The molecule has 1 saturated heterocycles. The van der Waals surface area contributed by atoms with Crippen LogP contribution in [0.15, 0.2) is 0 Å². The van der Waals surface area contributed by atoms with Gasteiger partial charge < -0.3 is 15.0 Å². The monoisotopic (exact) mass is 253 g/mol. The minimum Gasteiger partial charge on any atom is -0.519 e. The number of hydrogen-bond donors (Lipinski definition) is 2. The standard InChI is InChI=1S/C13H24BNO3/c1-10-4-2-6-11(7-3-5-10)14-15-12(8-9-16)13(17)18-14/h10-12,15-16H,2-9H2,1H3/t10?,11?,12-/m0/s1. The van der Waals surface area contributed by atoms with Crippen LogP contribution in [0.2, 0.25) is 5.82 Å². The highest BCUT2D eigenvalue weighted by molar-refractivity contribution is 6.55. The number of hydrogen-bond acceptors (Lipinski definition) is 4. The summed E-state index contributed by atoms with van der Waals surface area (Å²) in [7, 11) is -0.123. The van der Waals surface area contributed by atoms with Crippen molar-refractivity contribution < 1.29 is 14.6 Å². The van der Waals surface area contributed by atoms with Crippen LogP contribution in [0, 0.1) is 5.92 Å². The van der Waals surface area contributed by atoms with Gasteiger partial charge in [-0.05, 0) is 18.2 Å². The van der Waals surface area contributed by atoms with Gasteiger partial charge >= 0.3 is 13.0 Å². The Labute approximate surface area is 110 Å².